The van der Waals surface area contributed by atoms with Gasteiger partial charge >= 0.3 is 6.03 Å². The average Bonchev–Trinajstić information content (AvgIpc) is 2.39. The SMILES string of the molecule is CCc1cc(Cl)cc(NC(=O)N2CCNCC2)c1. The highest BCUT2D eigenvalue weighted by Crippen LogP contribution is 2.19. The number of aryl methyl sites for hydroxylation is 1. The van der Waals surface area contributed by atoms with E-state index in [2.05, 4.69) is 17.6 Å². The number of hydrogen-bond donors (Lipinski definition) is 2. The Morgan fingerprint density at radius 3 is 2.78 bits per heavy atom. The van der Waals surface area contributed by atoms with Gasteiger partial charge in [-0.2, -0.15) is 0 Å². The molecule has 18 heavy (non-hydrogen) atoms. The number of halogens is 1. The zero-order valence-corrected chi connectivity index (χ0v) is 11.3. The van der Waals surface area contributed by atoms with E-state index in [1.54, 1.807) is 6.07 Å². The molecule has 1 saturated heterocycles. The van der Waals surface area contributed by atoms with Crippen LogP contribution in [0.2, 0.25) is 5.02 Å². The Labute approximate surface area is 112 Å². The number of carbonyl (C=O) groups is 1. The third-order valence-corrected chi connectivity index (χ3v) is 3.24. The second-order valence-electron chi connectivity index (χ2n) is 4.37. The average molecular weight is 268 g/mol. The Balaban J connectivity index is 2.03. The van der Waals surface area contributed by atoms with Crippen molar-refractivity contribution in [2.75, 3.05) is 31.5 Å². The predicted molar refractivity (Wildman–Crippen MR) is 74.3 cm³/mol. The Kier molecular flexibility index (Phi) is 4.44. The van der Waals surface area contributed by atoms with Gasteiger partial charge in [-0.1, -0.05) is 18.5 Å². The van der Waals surface area contributed by atoms with Crippen LogP contribution < -0.4 is 10.6 Å². The minimum atomic E-state index is -0.0548. The van der Waals surface area contributed by atoms with Crippen molar-refractivity contribution in [2.45, 2.75) is 13.3 Å². The van der Waals surface area contributed by atoms with E-state index in [-0.39, 0.29) is 6.03 Å². The number of urea groups is 1. The second kappa shape index (κ2) is 6.07. The van der Waals surface area contributed by atoms with Crippen molar-refractivity contribution in [3.05, 3.63) is 28.8 Å². The van der Waals surface area contributed by atoms with Gasteiger partial charge in [0, 0.05) is 36.9 Å². The molecule has 2 rings (SSSR count). The van der Waals surface area contributed by atoms with E-state index in [1.165, 1.54) is 0 Å². The number of amides is 2. The van der Waals surface area contributed by atoms with Crippen LogP contribution in [0.4, 0.5) is 10.5 Å². The highest BCUT2D eigenvalue weighted by atomic mass is 35.5. The maximum absolute atomic E-state index is 12.0. The van der Waals surface area contributed by atoms with Crippen molar-refractivity contribution in [3.63, 3.8) is 0 Å². The summed E-state index contributed by atoms with van der Waals surface area (Å²) in [6.07, 6.45) is 0.900. The van der Waals surface area contributed by atoms with Crippen molar-refractivity contribution >= 4 is 23.3 Å². The smallest absolute Gasteiger partial charge is 0.321 e. The summed E-state index contributed by atoms with van der Waals surface area (Å²) in [5.41, 5.74) is 1.89. The van der Waals surface area contributed by atoms with Crippen LogP contribution in [0.1, 0.15) is 12.5 Å². The lowest BCUT2D eigenvalue weighted by Crippen LogP contribution is -2.48. The molecule has 0 unspecified atom stereocenters. The van der Waals surface area contributed by atoms with E-state index in [9.17, 15) is 4.79 Å². The predicted octanol–water partition coefficient (Wildman–Crippen LogP) is 2.34. The van der Waals surface area contributed by atoms with Gasteiger partial charge in [0.1, 0.15) is 0 Å². The topological polar surface area (TPSA) is 44.4 Å². The first-order chi connectivity index (χ1) is 8.69. The minimum absolute atomic E-state index is 0.0548. The molecular weight excluding hydrogens is 250 g/mol. The monoisotopic (exact) mass is 267 g/mol. The standard InChI is InChI=1S/C13H18ClN3O/c1-2-10-7-11(14)9-12(8-10)16-13(18)17-5-3-15-4-6-17/h7-9,15H,2-6H2,1H3,(H,16,18). The number of nitrogens with zero attached hydrogens (tertiary/aromatic N) is 1. The Morgan fingerprint density at radius 2 is 2.11 bits per heavy atom. The Bertz CT molecular complexity index is 430. The molecule has 0 radical (unpaired) electrons. The molecule has 5 heteroatoms. The van der Waals surface area contributed by atoms with Gasteiger partial charge in [-0.15, -0.1) is 0 Å². The fourth-order valence-corrected chi connectivity index (χ4v) is 2.25. The zero-order chi connectivity index (χ0) is 13.0. The largest absolute Gasteiger partial charge is 0.322 e. The van der Waals surface area contributed by atoms with Crippen molar-refractivity contribution in [1.82, 2.24) is 10.2 Å². The first kappa shape index (κ1) is 13.2. The molecule has 0 bridgehead atoms. The van der Waals surface area contributed by atoms with E-state index >= 15 is 0 Å². The molecule has 0 aliphatic carbocycles. The Morgan fingerprint density at radius 1 is 1.39 bits per heavy atom. The summed E-state index contributed by atoms with van der Waals surface area (Å²) in [5.74, 6) is 0. The first-order valence-corrected chi connectivity index (χ1v) is 6.63. The van der Waals surface area contributed by atoms with Gasteiger partial charge in [-0.3, -0.25) is 0 Å². The van der Waals surface area contributed by atoms with E-state index in [1.807, 2.05) is 17.0 Å². The van der Waals surface area contributed by atoms with Crippen LogP contribution in [0.15, 0.2) is 18.2 Å². The van der Waals surface area contributed by atoms with E-state index in [0.29, 0.717) is 5.02 Å². The lowest BCUT2D eigenvalue weighted by molar-refractivity contribution is 0.204. The fourth-order valence-electron chi connectivity index (χ4n) is 2.00. The molecule has 0 aromatic heterocycles. The minimum Gasteiger partial charge on any atom is -0.322 e. The van der Waals surface area contributed by atoms with E-state index in [0.717, 1.165) is 43.9 Å². The lowest BCUT2D eigenvalue weighted by Gasteiger charge is -2.27. The summed E-state index contributed by atoms with van der Waals surface area (Å²) in [5, 5.41) is 6.78. The number of piperazine rings is 1. The van der Waals surface area contributed by atoms with Gasteiger partial charge in [0.25, 0.3) is 0 Å². The molecule has 2 N–H and O–H groups in total. The molecule has 1 aliphatic heterocycles. The van der Waals surface area contributed by atoms with Crippen LogP contribution in [0.5, 0.6) is 0 Å². The summed E-state index contributed by atoms with van der Waals surface area (Å²) in [6.45, 7) is 5.25. The van der Waals surface area contributed by atoms with Gasteiger partial charge in [0.15, 0.2) is 0 Å². The number of rotatable bonds is 2. The molecule has 1 heterocycles. The van der Waals surface area contributed by atoms with Crippen molar-refractivity contribution in [3.8, 4) is 0 Å². The van der Waals surface area contributed by atoms with Gasteiger partial charge < -0.3 is 15.5 Å². The number of hydrogen-bond acceptors (Lipinski definition) is 2. The molecule has 0 atom stereocenters. The third-order valence-electron chi connectivity index (χ3n) is 3.02. The van der Waals surface area contributed by atoms with Crippen LogP contribution in [-0.2, 0) is 6.42 Å². The van der Waals surface area contributed by atoms with Crippen LogP contribution in [0.3, 0.4) is 0 Å². The molecule has 98 valence electrons. The zero-order valence-electron chi connectivity index (χ0n) is 10.5. The molecule has 0 saturated carbocycles. The summed E-state index contributed by atoms with van der Waals surface area (Å²) in [4.78, 5) is 13.8. The van der Waals surface area contributed by atoms with Gasteiger partial charge in [0.2, 0.25) is 0 Å². The van der Waals surface area contributed by atoms with Crippen molar-refractivity contribution < 1.29 is 4.79 Å². The molecule has 4 nitrogen and oxygen atoms in total. The molecule has 1 aromatic carbocycles. The second-order valence-corrected chi connectivity index (χ2v) is 4.81. The summed E-state index contributed by atoms with van der Waals surface area (Å²) >= 11 is 6.02. The Hall–Kier alpha value is -1.26. The number of anilines is 1. The normalized spacial score (nSPS) is 15.6. The third kappa shape index (κ3) is 3.37. The van der Waals surface area contributed by atoms with Gasteiger partial charge in [-0.25, -0.2) is 4.79 Å². The number of nitrogens with one attached hydrogen (secondary N) is 2. The quantitative estimate of drug-likeness (QED) is 0.864. The van der Waals surface area contributed by atoms with E-state index < -0.39 is 0 Å². The van der Waals surface area contributed by atoms with Crippen molar-refractivity contribution in [2.24, 2.45) is 0 Å². The van der Waals surface area contributed by atoms with Crippen LogP contribution in [-0.4, -0.2) is 37.1 Å². The first-order valence-electron chi connectivity index (χ1n) is 6.25. The van der Waals surface area contributed by atoms with Crippen LogP contribution in [0, 0.1) is 0 Å². The molecule has 1 fully saturated rings. The van der Waals surface area contributed by atoms with Gasteiger partial charge in [0.05, 0.1) is 0 Å². The molecule has 1 aromatic rings. The molecular formula is C13H18ClN3O. The van der Waals surface area contributed by atoms with Crippen LogP contribution in [0.25, 0.3) is 0 Å². The summed E-state index contributed by atoms with van der Waals surface area (Å²) in [6, 6.07) is 5.61. The van der Waals surface area contributed by atoms with E-state index in [4.69, 9.17) is 11.6 Å². The molecule has 1 aliphatic rings. The molecule has 0 spiro atoms. The maximum Gasteiger partial charge on any atom is 0.321 e. The van der Waals surface area contributed by atoms with Gasteiger partial charge in [-0.05, 0) is 30.2 Å². The highest BCUT2D eigenvalue weighted by molar-refractivity contribution is 6.31. The lowest BCUT2D eigenvalue weighted by atomic mass is 10.1. The summed E-state index contributed by atoms with van der Waals surface area (Å²) in [7, 11) is 0. The number of carbonyl (C=O) groups excluding carboxylic acids is 1. The maximum atomic E-state index is 12.0. The fraction of sp³-hybridized carbons (Fsp3) is 0.462. The van der Waals surface area contributed by atoms with Crippen LogP contribution >= 0.6 is 11.6 Å². The molecule has 2 amide bonds. The number of benzene rings is 1. The van der Waals surface area contributed by atoms with Crippen molar-refractivity contribution in [1.29, 1.82) is 0 Å². The highest BCUT2D eigenvalue weighted by Gasteiger charge is 2.16. The summed E-state index contributed by atoms with van der Waals surface area (Å²) < 4.78 is 0.